The Balaban J connectivity index is 1.43. The minimum Gasteiger partial charge on any atom is -0.467 e. The highest BCUT2D eigenvalue weighted by atomic mass is 32.2. The summed E-state index contributed by atoms with van der Waals surface area (Å²) in [7, 11) is -4.16. The monoisotopic (exact) mass is 515 g/mol. The lowest BCUT2D eigenvalue weighted by Crippen LogP contribution is -2.30. The zero-order valence-electron chi connectivity index (χ0n) is 19.6. The summed E-state index contributed by atoms with van der Waals surface area (Å²) >= 11 is 0. The number of carbonyl (C=O) groups is 1. The average Bonchev–Trinajstić information content (AvgIpc) is 3.41. The highest BCUT2D eigenvalue weighted by molar-refractivity contribution is 7.87. The average molecular weight is 516 g/mol. The Hall–Kier alpha value is -4.43. The molecular weight excluding hydrogens is 493 g/mol. The zero-order valence-corrected chi connectivity index (χ0v) is 20.4. The summed E-state index contributed by atoms with van der Waals surface area (Å²) in [6.07, 6.45) is 1.55. The number of hydrogen-bond acceptors (Lipinski definition) is 5. The van der Waals surface area contributed by atoms with E-state index in [0.29, 0.717) is 16.9 Å². The van der Waals surface area contributed by atoms with Gasteiger partial charge in [0, 0.05) is 12.1 Å². The molecule has 5 rings (SSSR count). The standard InChI is InChI=1S/C29H22FNO5S/c30-23-13-15-26(16-14-23)37(33,34)36-24-9-3-6-21(18-24)19-31(20-25-10-5-17-35-25)29(32)28-12-4-8-22-7-1-2-11-27(22)28/h1-18H,19-20H2. The zero-order chi connectivity index (χ0) is 25.8. The van der Waals surface area contributed by atoms with Gasteiger partial charge in [0.25, 0.3) is 5.91 Å². The second-order valence-electron chi connectivity index (χ2n) is 8.41. The van der Waals surface area contributed by atoms with E-state index in [1.807, 2.05) is 36.4 Å². The normalized spacial score (nSPS) is 11.4. The first kappa shape index (κ1) is 24.3. The fourth-order valence-corrected chi connectivity index (χ4v) is 4.99. The van der Waals surface area contributed by atoms with Crippen LogP contribution in [-0.2, 0) is 23.2 Å². The molecule has 0 saturated carbocycles. The molecule has 4 aromatic carbocycles. The van der Waals surface area contributed by atoms with Crippen LogP contribution in [0.4, 0.5) is 4.39 Å². The fraction of sp³-hybridized carbons (Fsp3) is 0.0690. The van der Waals surface area contributed by atoms with Crippen molar-refractivity contribution < 1.29 is 26.2 Å². The van der Waals surface area contributed by atoms with Crippen molar-refractivity contribution in [1.82, 2.24) is 4.90 Å². The molecular formula is C29H22FNO5S. The summed E-state index contributed by atoms with van der Waals surface area (Å²) in [5.74, 6) is -0.0517. The third-order valence-corrected chi connectivity index (χ3v) is 7.08. The second kappa shape index (κ2) is 10.3. The van der Waals surface area contributed by atoms with Crippen LogP contribution in [0.2, 0.25) is 0 Å². The van der Waals surface area contributed by atoms with Crippen molar-refractivity contribution in [2.45, 2.75) is 18.0 Å². The second-order valence-corrected chi connectivity index (χ2v) is 9.95. The van der Waals surface area contributed by atoms with Crippen molar-refractivity contribution >= 4 is 26.8 Å². The smallest absolute Gasteiger partial charge is 0.339 e. The molecule has 1 amide bonds. The van der Waals surface area contributed by atoms with Gasteiger partial charge >= 0.3 is 10.1 Å². The first-order valence-corrected chi connectivity index (χ1v) is 12.9. The predicted octanol–water partition coefficient (Wildman–Crippen LogP) is 6.18. The van der Waals surface area contributed by atoms with Gasteiger partial charge in [0.05, 0.1) is 12.8 Å². The molecule has 37 heavy (non-hydrogen) atoms. The molecule has 0 spiro atoms. The van der Waals surface area contributed by atoms with Crippen molar-refractivity contribution in [1.29, 1.82) is 0 Å². The van der Waals surface area contributed by atoms with E-state index in [0.717, 1.165) is 35.0 Å². The molecule has 0 N–H and O–H groups in total. The summed E-state index contributed by atoms with van der Waals surface area (Å²) in [5.41, 5.74) is 1.21. The van der Waals surface area contributed by atoms with Crippen LogP contribution >= 0.6 is 0 Å². The number of nitrogens with zero attached hydrogens (tertiary/aromatic N) is 1. The third-order valence-electron chi connectivity index (χ3n) is 5.81. The first-order chi connectivity index (χ1) is 17.9. The highest BCUT2D eigenvalue weighted by Crippen LogP contribution is 2.25. The van der Waals surface area contributed by atoms with E-state index in [2.05, 4.69) is 0 Å². The molecule has 6 nitrogen and oxygen atoms in total. The lowest BCUT2D eigenvalue weighted by molar-refractivity contribution is 0.0719. The summed E-state index contributed by atoms with van der Waals surface area (Å²) in [6.45, 7) is 0.393. The molecule has 0 bridgehead atoms. The van der Waals surface area contributed by atoms with Crippen LogP contribution in [-0.4, -0.2) is 19.2 Å². The molecule has 0 aliphatic rings. The molecule has 0 aliphatic heterocycles. The first-order valence-electron chi connectivity index (χ1n) is 11.5. The van der Waals surface area contributed by atoms with Gasteiger partial charge in [-0.25, -0.2) is 4.39 Å². The number of rotatable bonds is 8. The molecule has 0 fully saturated rings. The van der Waals surface area contributed by atoms with Crippen LogP contribution in [0, 0.1) is 5.82 Å². The SMILES string of the molecule is O=C(c1cccc2ccccc12)N(Cc1cccc(OS(=O)(=O)c2ccc(F)cc2)c1)Cc1ccco1. The van der Waals surface area contributed by atoms with E-state index in [4.69, 9.17) is 8.60 Å². The van der Waals surface area contributed by atoms with Gasteiger partial charge in [0.2, 0.25) is 0 Å². The molecule has 0 saturated heterocycles. The van der Waals surface area contributed by atoms with Gasteiger partial charge in [0.15, 0.2) is 0 Å². The van der Waals surface area contributed by atoms with Crippen LogP contribution in [0.1, 0.15) is 21.7 Å². The van der Waals surface area contributed by atoms with Gasteiger partial charge in [-0.2, -0.15) is 8.42 Å². The summed E-state index contributed by atoms with van der Waals surface area (Å²) in [6, 6.07) is 27.7. The van der Waals surface area contributed by atoms with Gasteiger partial charge in [-0.1, -0.05) is 48.5 Å². The van der Waals surface area contributed by atoms with E-state index in [1.54, 1.807) is 47.6 Å². The van der Waals surface area contributed by atoms with E-state index < -0.39 is 15.9 Å². The number of halogens is 1. The lowest BCUT2D eigenvalue weighted by Gasteiger charge is -2.23. The Morgan fingerprint density at radius 3 is 2.38 bits per heavy atom. The van der Waals surface area contributed by atoms with Gasteiger partial charge in [-0.3, -0.25) is 4.79 Å². The van der Waals surface area contributed by atoms with Crippen molar-refractivity contribution in [2.24, 2.45) is 0 Å². The number of amides is 1. The molecule has 1 aromatic heterocycles. The van der Waals surface area contributed by atoms with E-state index in [-0.39, 0.29) is 29.6 Å². The maximum absolute atomic E-state index is 13.7. The van der Waals surface area contributed by atoms with Crippen molar-refractivity contribution in [3.05, 3.63) is 132 Å². The summed E-state index contributed by atoms with van der Waals surface area (Å²) in [5, 5.41) is 1.79. The fourth-order valence-electron chi connectivity index (χ4n) is 4.06. The lowest BCUT2D eigenvalue weighted by atomic mass is 10.0. The Morgan fingerprint density at radius 2 is 1.59 bits per heavy atom. The topological polar surface area (TPSA) is 76.8 Å². The largest absolute Gasteiger partial charge is 0.467 e. The summed E-state index contributed by atoms with van der Waals surface area (Å²) in [4.78, 5) is 15.2. The number of carbonyl (C=O) groups excluding carboxylic acids is 1. The van der Waals surface area contributed by atoms with Gasteiger partial charge in [-0.05, 0) is 70.9 Å². The molecule has 186 valence electrons. The van der Waals surface area contributed by atoms with Crippen LogP contribution < -0.4 is 4.18 Å². The number of fused-ring (bicyclic) bond motifs is 1. The molecule has 1 heterocycles. The van der Waals surface area contributed by atoms with Gasteiger partial charge in [-0.15, -0.1) is 0 Å². The molecule has 0 atom stereocenters. The van der Waals surface area contributed by atoms with Gasteiger partial charge in [0.1, 0.15) is 22.2 Å². The van der Waals surface area contributed by atoms with Crippen LogP contribution in [0.5, 0.6) is 5.75 Å². The van der Waals surface area contributed by atoms with Crippen molar-refractivity contribution in [3.63, 3.8) is 0 Å². The minimum atomic E-state index is -4.16. The van der Waals surface area contributed by atoms with E-state index >= 15 is 0 Å². The maximum Gasteiger partial charge on any atom is 0.339 e. The number of hydrogen-bond donors (Lipinski definition) is 0. The Labute approximate surface area is 213 Å². The third kappa shape index (κ3) is 5.54. The molecule has 8 heteroatoms. The molecule has 0 radical (unpaired) electrons. The number of furan rings is 1. The summed E-state index contributed by atoms with van der Waals surface area (Å²) < 4.78 is 49.3. The van der Waals surface area contributed by atoms with Crippen LogP contribution in [0.15, 0.2) is 119 Å². The minimum absolute atomic E-state index is 0.0809. The molecule has 0 aliphatic carbocycles. The quantitative estimate of drug-likeness (QED) is 0.231. The molecule has 5 aromatic rings. The predicted molar refractivity (Wildman–Crippen MR) is 137 cm³/mol. The van der Waals surface area contributed by atoms with Crippen LogP contribution in [0.3, 0.4) is 0 Å². The Bertz CT molecular complexity index is 1640. The van der Waals surface area contributed by atoms with Gasteiger partial charge < -0.3 is 13.5 Å². The Kier molecular flexibility index (Phi) is 6.74. The van der Waals surface area contributed by atoms with E-state index in [9.17, 15) is 17.6 Å². The molecule has 0 unspecified atom stereocenters. The van der Waals surface area contributed by atoms with E-state index in [1.165, 1.54) is 6.07 Å². The van der Waals surface area contributed by atoms with Crippen molar-refractivity contribution in [2.75, 3.05) is 0 Å². The maximum atomic E-state index is 13.7. The van der Waals surface area contributed by atoms with Crippen molar-refractivity contribution in [3.8, 4) is 5.75 Å². The highest BCUT2D eigenvalue weighted by Gasteiger charge is 2.21. The Morgan fingerprint density at radius 1 is 0.838 bits per heavy atom. The number of benzene rings is 4. The van der Waals surface area contributed by atoms with Crippen LogP contribution in [0.25, 0.3) is 10.8 Å².